The molecular formula is C24H45N3O4. The lowest BCUT2D eigenvalue weighted by atomic mass is 9.83. The molecule has 0 fully saturated rings. The van der Waals surface area contributed by atoms with E-state index in [-0.39, 0.29) is 29.7 Å². The van der Waals surface area contributed by atoms with E-state index in [9.17, 15) is 14.4 Å². The van der Waals surface area contributed by atoms with Crippen molar-refractivity contribution in [1.29, 1.82) is 0 Å². The molecule has 0 spiro atoms. The van der Waals surface area contributed by atoms with Crippen molar-refractivity contribution < 1.29 is 19.1 Å². The van der Waals surface area contributed by atoms with E-state index in [1.54, 1.807) is 38.9 Å². The summed E-state index contributed by atoms with van der Waals surface area (Å²) in [7, 11) is 3.49. The maximum absolute atomic E-state index is 13.6. The number of rotatable bonds is 11. The van der Waals surface area contributed by atoms with Crippen molar-refractivity contribution >= 4 is 17.8 Å². The molecule has 0 saturated heterocycles. The highest BCUT2D eigenvalue weighted by molar-refractivity contribution is 5.93. The van der Waals surface area contributed by atoms with Crippen LogP contribution in [0.25, 0.3) is 0 Å². The van der Waals surface area contributed by atoms with E-state index < -0.39 is 17.0 Å². The summed E-state index contributed by atoms with van der Waals surface area (Å²) in [6.45, 7) is 17.5. The summed E-state index contributed by atoms with van der Waals surface area (Å²) in [6.07, 6.45) is 3.00. The van der Waals surface area contributed by atoms with Crippen LogP contribution in [0.1, 0.15) is 75.2 Å². The fraction of sp³-hybridized carbons (Fsp3) is 0.792. The van der Waals surface area contributed by atoms with Gasteiger partial charge in [0.05, 0.1) is 18.2 Å². The summed E-state index contributed by atoms with van der Waals surface area (Å²) in [5, 5.41) is 6.15. The van der Waals surface area contributed by atoms with Gasteiger partial charge in [-0.3, -0.25) is 9.59 Å². The Bertz CT molecular complexity index is 637. The molecule has 0 aliphatic carbocycles. The number of hydrogen-bond donors (Lipinski definition) is 2. The van der Waals surface area contributed by atoms with Gasteiger partial charge in [0, 0.05) is 12.6 Å². The van der Waals surface area contributed by atoms with E-state index in [2.05, 4.69) is 10.6 Å². The number of likely N-dealkylation sites (N-methyl/N-ethyl adjacent to an activating group) is 2. The van der Waals surface area contributed by atoms with E-state index in [1.165, 1.54) is 0 Å². The minimum absolute atomic E-state index is 0.0670. The van der Waals surface area contributed by atoms with Gasteiger partial charge in [0.1, 0.15) is 6.04 Å². The van der Waals surface area contributed by atoms with Crippen LogP contribution in [0.3, 0.4) is 0 Å². The zero-order valence-corrected chi connectivity index (χ0v) is 21.5. The van der Waals surface area contributed by atoms with Gasteiger partial charge in [-0.05, 0) is 45.1 Å². The van der Waals surface area contributed by atoms with Gasteiger partial charge in [0.15, 0.2) is 0 Å². The maximum Gasteiger partial charge on any atom is 0.333 e. The molecule has 0 aliphatic heterocycles. The number of ether oxygens (including phenoxy) is 1. The Labute approximate surface area is 189 Å². The van der Waals surface area contributed by atoms with Crippen molar-refractivity contribution in [2.75, 3.05) is 20.7 Å². The fourth-order valence-corrected chi connectivity index (χ4v) is 3.63. The normalized spacial score (nSPS) is 14.8. The predicted octanol–water partition coefficient (Wildman–Crippen LogP) is 3.29. The number of carbonyl (C=O) groups is 3. The third-order valence-electron chi connectivity index (χ3n) is 6.00. The van der Waals surface area contributed by atoms with Crippen LogP contribution in [0.15, 0.2) is 11.6 Å². The van der Waals surface area contributed by atoms with Gasteiger partial charge in [0.25, 0.3) is 0 Å². The largest absolute Gasteiger partial charge is 0.463 e. The molecule has 0 heterocycles. The van der Waals surface area contributed by atoms with Crippen LogP contribution in [-0.2, 0) is 19.1 Å². The molecule has 0 aromatic heterocycles. The fourth-order valence-electron chi connectivity index (χ4n) is 3.63. The number of carbonyl (C=O) groups excluding carboxylic acids is 3. The van der Waals surface area contributed by atoms with E-state index in [0.29, 0.717) is 25.0 Å². The third kappa shape index (κ3) is 7.63. The second-order valence-corrected chi connectivity index (χ2v) is 9.57. The minimum Gasteiger partial charge on any atom is -0.463 e. The Morgan fingerprint density at radius 3 is 1.94 bits per heavy atom. The topological polar surface area (TPSA) is 87.7 Å². The van der Waals surface area contributed by atoms with Crippen molar-refractivity contribution in [3.05, 3.63) is 11.6 Å². The monoisotopic (exact) mass is 439 g/mol. The Kier molecular flexibility index (Phi) is 11.5. The van der Waals surface area contributed by atoms with Gasteiger partial charge in [-0.1, -0.05) is 54.5 Å². The molecule has 31 heavy (non-hydrogen) atoms. The van der Waals surface area contributed by atoms with Gasteiger partial charge < -0.3 is 20.3 Å². The number of hydrogen-bond acceptors (Lipinski definition) is 5. The summed E-state index contributed by atoms with van der Waals surface area (Å²) in [5.41, 5.74) is -0.758. The van der Waals surface area contributed by atoms with Gasteiger partial charge in [-0.15, -0.1) is 0 Å². The lowest BCUT2D eigenvalue weighted by molar-refractivity contribution is -0.142. The highest BCUT2D eigenvalue weighted by Crippen LogP contribution is 2.25. The van der Waals surface area contributed by atoms with E-state index in [0.717, 1.165) is 0 Å². The first-order chi connectivity index (χ1) is 14.2. The molecule has 2 atom stereocenters. The third-order valence-corrected chi connectivity index (χ3v) is 6.00. The van der Waals surface area contributed by atoms with Crippen LogP contribution in [0.4, 0.5) is 0 Å². The van der Waals surface area contributed by atoms with Crippen molar-refractivity contribution in [2.45, 2.75) is 92.8 Å². The predicted molar refractivity (Wildman–Crippen MR) is 126 cm³/mol. The number of nitrogens with one attached hydrogen (secondary N) is 2. The lowest BCUT2D eigenvalue weighted by Gasteiger charge is -2.39. The second-order valence-electron chi connectivity index (χ2n) is 9.57. The van der Waals surface area contributed by atoms with Gasteiger partial charge >= 0.3 is 5.97 Å². The minimum atomic E-state index is -0.722. The number of amides is 2. The van der Waals surface area contributed by atoms with E-state index in [4.69, 9.17) is 4.74 Å². The Morgan fingerprint density at radius 2 is 1.58 bits per heavy atom. The van der Waals surface area contributed by atoms with Gasteiger partial charge in [0.2, 0.25) is 11.8 Å². The molecule has 0 bridgehead atoms. The van der Waals surface area contributed by atoms with Crippen LogP contribution in [0.5, 0.6) is 0 Å². The second kappa shape index (κ2) is 12.2. The molecule has 0 aromatic rings. The summed E-state index contributed by atoms with van der Waals surface area (Å²) in [6, 6.07) is -1.03. The van der Waals surface area contributed by atoms with Crippen LogP contribution < -0.4 is 10.6 Å². The van der Waals surface area contributed by atoms with Crippen molar-refractivity contribution in [3.8, 4) is 0 Å². The summed E-state index contributed by atoms with van der Waals surface area (Å²) < 4.78 is 5.08. The quantitative estimate of drug-likeness (QED) is 0.381. The Balaban J connectivity index is 5.97. The molecule has 0 radical (unpaired) electrons. The lowest BCUT2D eigenvalue weighted by Crippen LogP contribution is -2.62. The molecule has 180 valence electrons. The van der Waals surface area contributed by atoms with Crippen molar-refractivity contribution in [1.82, 2.24) is 15.5 Å². The zero-order chi connectivity index (χ0) is 24.6. The van der Waals surface area contributed by atoms with Crippen LogP contribution in [-0.4, -0.2) is 61.0 Å². The first-order valence-corrected chi connectivity index (χ1v) is 11.3. The smallest absolute Gasteiger partial charge is 0.333 e. The number of esters is 1. The SMILES string of the molecule is CCOC(=O)C(C)=C[C@H](C(C)C)N(C)C(=O)C(NC(=O)C(CC)(CC)NC)C(C)(C)C. The van der Waals surface area contributed by atoms with Crippen LogP contribution >= 0.6 is 0 Å². The van der Waals surface area contributed by atoms with Crippen molar-refractivity contribution in [2.24, 2.45) is 11.3 Å². The van der Waals surface area contributed by atoms with Crippen LogP contribution in [0.2, 0.25) is 0 Å². The van der Waals surface area contributed by atoms with Crippen LogP contribution in [0, 0.1) is 11.3 Å². The van der Waals surface area contributed by atoms with Gasteiger partial charge in [-0.2, -0.15) is 0 Å². The summed E-state index contributed by atoms with van der Waals surface area (Å²) >= 11 is 0. The summed E-state index contributed by atoms with van der Waals surface area (Å²) in [5.74, 6) is -0.692. The van der Waals surface area contributed by atoms with E-state index >= 15 is 0 Å². The highest BCUT2D eigenvalue weighted by Gasteiger charge is 2.41. The molecule has 7 heteroatoms. The molecule has 1 unspecified atom stereocenters. The first-order valence-electron chi connectivity index (χ1n) is 11.3. The Hall–Kier alpha value is -1.89. The molecular weight excluding hydrogens is 394 g/mol. The standard InChI is InChI=1S/C24H45N3O4/c1-12-24(13-2,25-10)22(30)26-19(23(7,8)9)20(28)27(11)18(16(4)5)15-17(6)21(29)31-14-3/h15-16,18-19,25H,12-14H2,1-11H3,(H,26,30)/t18-,19?/m1/s1. The molecule has 0 rings (SSSR count). The molecule has 2 N–H and O–H groups in total. The first kappa shape index (κ1) is 29.1. The molecule has 7 nitrogen and oxygen atoms in total. The van der Waals surface area contributed by atoms with Crippen molar-refractivity contribution in [3.63, 3.8) is 0 Å². The Morgan fingerprint density at radius 1 is 1.06 bits per heavy atom. The van der Waals surface area contributed by atoms with E-state index in [1.807, 2.05) is 48.5 Å². The van der Waals surface area contributed by atoms with Gasteiger partial charge in [-0.25, -0.2) is 4.79 Å². The molecule has 2 amide bonds. The molecule has 0 aliphatic rings. The number of nitrogens with zero attached hydrogens (tertiary/aromatic N) is 1. The maximum atomic E-state index is 13.6. The average molecular weight is 440 g/mol. The molecule has 0 aromatic carbocycles. The summed E-state index contributed by atoms with van der Waals surface area (Å²) in [4.78, 5) is 40.5. The average Bonchev–Trinajstić information content (AvgIpc) is 2.69. The molecule has 0 saturated carbocycles. The zero-order valence-electron chi connectivity index (χ0n) is 21.5. The highest BCUT2D eigenvalue weighted by atomic mass is 16.5.